The van der Waals surface area contributed by atoms with Crippen molar-refractivity contribution in [2.75, 3.05) is 18.9 Å². The van der Waals surface area contributed by atoms with Crippen LogP contribution in [0.15, 0.2) is 35.2 Å². The van der Waals surface area contributed by atoms with Gasteiger partial charge >= 0.3 is 0 Å². The molecule has 5 nitrogen and oxygen atoms in total. The molecule has 0 atom stereocenters. The fourth-order valence-corrected chi connectivity index (χ4v) is 3.52. The van der Waals surface area contributed by atoms with Gasteiger partial charge in [0, 0.05) is 12.1 Å². The summed E-state index contributed by atoms with van der Waals surface area (Å²) in [5.74, 6) is -0.345. The highest BCUT2D eigenvalue weighted by Gasteiger charge is 2.20. The Morgan fingerprint density at radius 1 is 1.00 bits per heavy atom. The summed E-state index contributed by atoms with van der Waals surface area (Å²) in [5.41, 5.74) is 1.32. The molecule has 7 heteroatoms. The molecule has 2 aromatic rings. The van der Waals surface area contributed by atoms with E-state index in [1.807, 2.05) is 6.92 Å². The number of sulfonamides is 1. The summed E-state index contributed by atoms with van der Waals surface area (Å²) < 4.78 is 51.4. The summed E-state index contributed by atoms with van der Waals surface area (Å²) in [5, 5.41) is 0. The number of ether oxygens (including phenoxy) is 2. The van der Waals surface area contributed by atoms with Crippen molar-refractivity contribution in [3.8, 4) is 11.5 Å². The van der Waals surface area contributed by atoms with Crippen molar-refractivity contribution >= 4 is 15.7 Å². The second-order valence-electron chi connectivity index (χ2n) is 5.06. The van der Waals surface area contributed by atoms with E-state index < -0.39 is 15.8 Å². The molecule has 0 heterocycles. The van der Waals surface area contributed by atoms with Gasteiger partial charge in [0.2, 0.25) is 0 Å². The predicted molar refractivity (Wildman–Crippen MR) is 86.2 cm³/mol. The average molecular weight is 339 g/mol. The number of anilines is 1. The van der Waals surface area contributed by atoms with Crippen molar-refractivity contribution in [1.82, 2.24) is 0 Å². The number of halogens is 1. The van der Waals surface area contributed by atoms with Crippen LogP contribution in [0.2, 0.25) is 0 Å². The Labute approximate surface area is 135 Å². The highest BCUT2D eigenvalue weighted by molar-refractivity contribution is 7.92. The van der Waals surface area contributed by atoms with Crippen molar-refractivity contribution in [3.63, 3.8) is 0 Å². The first-order valence-electron chi connectivity index (χ1n) is 6.80. The molecule has 0 aromatic heterocycles. The molecule has 2 aromatic carbocycles. The molecule has 0 amide bonds. The molecule has 124 valence electrons. The minimum atomic E-state index is -3.91. The third-order valence-electron chi connectivity index (χ3n) is 3.34. The van der Waals surface area contributed by atoms with Gasteiger partial charge in [0.25, 0.3) is 10.0 Å². The van der Waals surface area contributed by atoms with Crippen LogP contribution in [0.5, 0.6) is 11.5 Å². The summed E-state index contributed by atoms with van der Waals surface area (Å²) in [4.78, 5) is 0.0947. The second kappa shape index (κ2) is 6.45. The molecule has 0 radical (unpaired) electrons. The highest BCUT2D eigenvalue weighted by Crippen LogP contribution is 2.33. The molecule has 0 aliphatic carbocycles. The van der Waals surface area contributed by atoms with E-state index in [2.05, 4.69) is 4.72 Å². The number of rotatable bonds is 5. The number of aryl methyl sites for hydroxylation is 2. The van der Waals surface area contributed by atoms with E-state index in [0.717, 1.165) is 11.6 Å². The first-order valence-corrected chi connectivity index (χ1v) is 8.28. The van der Waals surface area contributed by atoms with Crippen molar-refractivity contribution in [2.24, 2.45) is 0 Å². The number of nitrogens with one attached hydrogen (secondary N) is 1. The van der Waals surface area contributed by atoms with E-state index in [1.165, 1.54) is 26.4 Å². The van der Waals surface area contributed by atoms with E-state index >= 15 is 0 Å². The van der Waals surface area contributed by atoms with Gasteiger partial charge in [-0.05, 0) is 25.5 Å². The summed E-state index contributed by atoms with van der Waals surface area (Å²) in [6, 6.07) is 7.24. The van der Waals surface area contributed by atoms with Crippen molar-refractivity contribution in [2.45, 2.75) is 18.7 Å². The van der Waals surface area contributed by atoms with Crippen LogP contribution in [-0.2, 0) is 10.0 Å². The Balaban J connectivity index is 2.45. The topological polar surface area (TPSA) is 64.6 Å². The number of hydrogen-bond acceptors (Lipinski definition) is 4. The van der Waals surface area contributed by atoms with Crippen LogP contribution < -0.4 is 14.2 Å². The molecule has 23 heavy (non-hydrogen) atoms. The zero-order valence-corrected chi connectivity index (χ0v) is 14.1. The van der Waals surface area contributed by atoms with Gasteiger partial charge in [-0.2, -0.15) is 0 Å². The Kier molecular flexibility index (Phi) is 4.79. The lowest BCUT2D eigenvalue weighted by Gasteiger charge is -2.14. The van der Waals surface area contributed by atoms with Gasteiger partial charge in [-0.15, -0.1) is 0 Å². The van der Waals surface area contributed by atoms with Gasteiger partial charge in [0.05, 0.1) is 24.8 Å². The molecule has 2 rings (SSSR count). The van der Waals surface area contributed by atoms with Crippen LogP contribution >= 0.6 is 0 Å². The SMILES string of the molecule is COc1cc(F)c(NS(=O)(=O)c2ccc(C)cc2C)cc1OC. The number of benzene rings is 2. The van der Waals surface area contributed by atoms with Gasteiger partial charge in [-0.3, -0.25) is 4.72 Å². The Morgan fingerprint density at radius 2 is 1.61 bits per heavy atom. The standard InChI is InChI=1S/C16H18FNO4S/c1-10-5-6-16(11(2)7-10)23(19,20)18-13-9-15(22-4)14(21-3)8-12(13)17/h5-9,18H,1-4H3. The summed E-state index contributed by atoms with van der Waals surface area (Å²) >= 11 is 0. The number of hydrogen-bond donors (Lipinski definition) is 1. The van der Waals surface area contributed by atoms with Crippen LogP contribution in [0.25, 0.3) is 0 Å². The Morgan fingerprint density at radius 3 is 2.17 bits per heavy atom. The molecule has 0 fully saturated rings. The molecule has 1 N–H and O–H groups in total. The first kappa shape index (κ1) is 17.1. The monoisotopic (exact) mass is 339 g/mol. The van der Waals surface area contributed by atoms with E-state index in [0.29, 0.717) is 5.56 Å². The fourth-order valence-electron chi connectivity index (χ4n) is 2.23. The third kappa shape index (κ3) is 3.56. The zero-order chi connectivity index (χ0) is 17.2. The molecule has 0 spiro atoms. The largest absolute Gasteiger partial charge is 0.493 e. The number of methoxy groups -OCH3 is 2. The molecular weight excluding hydrogens is 321 g/mol. The van der Waals surface area contributed by atoms with Gasteiger partial charge in [-0.1, -0.05) is 17.7 Å². The maximum absolute atomic E-state index is 14.1. The second-order valence-corrected chi connectivity index (χ2v) is 6.71. The lowest BCUT2D eigenvalue weighted by Crippen LogP contribution is -2.15. The minimum Gasteiger partial charge on any atom is -0.493 e. The average Bonchev–Trinajstić information content (AvgIpc) is 2.48. The van der Waals surface area contributed by atoms with Crippen LogP contribution in [0.4, 0.5) is 10.1 Å². The lowest BCUT2D eigenvalue weighted by atomic mass is 10.2. The van der Waals surface area contributed by atoms with E-state index in [1.54, 1.807) is 19.1 Å². The van der Waals surface area contributed by atoms with Gasteiger partial charge < -0.3 is 9.47 Å². The summed E-state index contributed by atoms with van der Waals surface area (Å²) in [6.45, 7) is 3.55. The highest BCUT2D eigenvalue weighted by atomic mass is 32.2. The van der Waals surface area contributed by atoms with Crippen LogP contribution in [0.3, 0.4) is 0 Å². The van der Waals surface area contributed by atoms with Crippen molar-refractivity contribution in [1.29, 1.82) is 0 Å². The predicted octanol–water partition coefficient (Wildman–Crippen LogP) is 3.26. The summed E-state index contributed by atoms with van der Waals surface area (Å²) in [6.07, 6.45) is 0. The summed E-state index contributed by atoms with van der Waals surface area (Å²) in [7, 11) is -1.16. The van der Waals surface area contributed by atoms with E-state index in [9.17, 15) is 12.8 Å². The quantitative estimate of drug-likeness (QED) is 0.908. The lowest BCUT2D eigenvalue weighted by molar-refractivity contribution is 0.353. The molecule has 0 aliphatic heterocycles. The van der Waals surface area contributed by atoms with Gasteiger partial charge in [0.1, 0.15) is 0 Å². The molecular formula is C16H18FNO4S. The third-order valence-corrected chi connectivity index (χ3v) is 4.86. The maximum Gasteiger partial charge on any atom is 0.262 e. The molecule has 0 saturated heterocycles. The van der Waals surface area contributed by atoms with Crippen molar-refractivity contribution in [3.05, 3.63) is 47.3 Å². The van der Waals surface area contributed by atoms with Crippen LogP contribution in [0.1, 0.15) is 11.1 Å². The zero-order valence-electron chi connectivity index (χ0n) is 13.3. The van der Waals surface area contributed by atoms with Gasteiger partial charge in [-0.25, -0.2) is 12.8 Å². The van der Waals surface area contributed by atoms with Gasteiger partial charge in [0.15, 0.2) is 17.3 Å². The Hall–Kier alpha value is -2.28. The molecule has 0 saturated carbocycles. The van der Waals surface area contributed by atoms with Crippen LogP contribution in [-0.4, -0.2) is 22.6 Å². The minimum absolute atomic E-state index is 0.0947. The molecule has 0 bridgehead atoms. The van der Waals surface area contributed by atoms with Crippen molar-refractivity contribution < 1.29 is 22.3 Å². The van der Waals surface area contributed by atoms with E-state index in [-0.39, 0.29) is 22.1 Å². The maximum atomic E-state index is 14.1. The Bertz CT molecular complexity index is 834. The first-order chi connectivity index (χ1) is 10.8. The normalized spacial score (nSPS) is 11.2. The van der Waals surface area contributed by atoms with Crippen LogP contribution in [0, 0.1) is 19.7 Å². The fraction of sp³-hybridized carbons (Fsp3) is 0.250. The smallest absolute Gasteiger partial charge is 0.262 e. The van der Waals surface area contributed by atoms with E-state index in [4.69, 9.17) is 9.47 Å². The molecule has 0 aliphatic rings. The molecule has 0 unspecified atom stereocenters.